The zero-order valence-corrected chi connectivity index (χ0v) is 16.9. The van der Waals surface area contributed by atoms with Crippen molar-refractivity contribution >= 4 is 15.7 Å². The van der Waals surface area contributed by atoms with Crippen molar-refractivity contribution in [3.63, 3.8) is 0 Å². The summed E-state index contributed by atoms with van der Waals surface area (Å²) in [5.41, 5.74) is 0.915. The van der Waals surface area contributed by atoms with Gasteiger partial charge in [0, 0.05) is 18.2 Å². The van der Waals surface area contributed by atoms with Crippen molar-refractivity contribution in [2.24, 2.45) is 0 Å². The Balaban J connectivity index is 2.16. The highest BCUT2D eigenvalue weighted by Crippen LogP contribution is 2.31. The molecule has 2 aromatic rings. The second-order valence-electron chi connectivity index (χ2n) is 6.10. The Morgan fingerprint density at radius 1 is 1.07 bits per heavy atom. The molecule has 0 radical (unpaired) electrons. The molecule has 0 amide bonds. The van der Waals surface area contributed by atoms with Crippen LogP contribution in [-0.2, 0) is 15.8 Å². The lowest BCUT2D eigenvalue weighted by Gasteiger charge is -2.17. The lowest BCUT2D eigenvalue weighted by Crippen LogP contribution is -2.28. The highest BCUT2D eigenvalue weighted by molar-refractivity contribution is 7.88. The molecule has 0 aliphatic heterocycles. The van der Waals surface area contributed by atoms with E-state index in [4.69, 9.17) is 9.47 Å². The fourth-order valence-electron chi connectivity index (χ4n) is 2.70. The van der Waals surface area contributed by atoms with Gasteiger partial charge in [0.25, 0.3) is 5.69 Å². The number of ether oxygens (including phenoxy) is 2. The molecule has 9 heteroatoms. The molecule has 0 aliphatic rings. The second kappa shape index (κ2) is 9.52. The van der Waals surface area contributed by atoms with Gasteiger partial charge in [0.05, 0.1) is 23.9 Å². The second-order valence-corrected chi connectivity index (χ2v) is 7.85. The number of nitrogens with zero attached hydrogens (tertiary/aromatic N) is 1. The average molecular weight is 408 g/mol. The van der Waals surface area contributed by atoms with Crippen molar-refractivity contribution < 1.29 is 22.8 Å². The molecule has 0 bridgehead atoms. The summed E-state index contributed by atoms with van der Waals surface area (Å²) in [7, 11) is -3.71. The molecule has 28 heavy (non-hydrogen) atoms. The zero-order valence-electron chi connectivity index (χ0n) is 16.0. The van der Waals surface area contributed by atoms with Gasteiger partial charge < -0.3 is 9.47 Å². The summed E-state index contributed by atoms with van der Waals surface area (Å²) in [4.78, 5) is 10.3. The number of non-ortho nitro benzene ring substituents is 1. The first kappa shape index (κ1) is 21.6. The minimum Gasteiger partial charge on any atom is -0.490 e. The van der Waals surface area contributed by atoms with E-state index in [0.717, 1.165) is 5.56 Å². The van der Waals surface area contributed by atoms with Gasteiger partial charge in [-0.2, -0.15) is 0 Å². The first-order valence-electron chi connectivity index (χ1n) is 8.88. The summed E-state index contributed by atoms with van der Waals surface area (Å²) in [5, 5.41) is 10.9. The summed E-state index contributed by atoms with van der Waals surface area (Å²) in [6, 6.07) is 10.3. The molecular weight excluding hydrogens is 384 g/mol. The molecule has 0 heterocycles. The smallest absolute Gasteiger partial charge is 0.269 e. The normalized spacial score (nSPS) is 12.4. The fraction of sp³-hybridized carbons (Fsp3) is 0.368. The van der Waals surface area contributed by atoms with Crippen LogP contribution < -0.4 is 14.2 Å². The number of hydrogen-bond acceptors (Lipinski definition) is 6. The third kappa shape index (κ3) is 5.93. The third-order valence-corrected chi connectivity index (χ3v) is 5.33. The highest BCUT2D eigenvalue weighted by atomic mass is 32.2. The number of sulfonamides is 1. The maximum absolute atomic E-state index is 12.5. The predicted molar refractivity (Wildman–Crippen MR) is 106 cm³/mol. The van der Waals surface area contributed by atoms with Crippen molar-refractivity contribution in [2.75, 3.05) is 13.2 Å². The molecule has 0 saturated heterocycles. The summed E-state index contributed by atoms with van der Waals surface area (Å²) in [5.74, 6) is 0.792. The molecule has 152 valence electrons. The highest BCUT2D eigenvalue weighted by Gasteiger charge is 2.19. The predicted octanol–water partition coefficient (Wildman–Crippen LogP) is 3.57. The Labute approximate surface area is 164 Å². The van der Waals surface area contributed by atoms with Gasteiger partial charge in [-0.05, 0) is 44.0 Å². The summed E-state index contributed by atoms with van der Waals surface area (Å²) in [6.07, 6.45) is 0. The van der Waals surface area contributed by atoms with E-state index < -0.39 is 21.0 Å². The van der Waals surface area contributed by atoms with E-state index in [1.54, 1.807) is 31.2 Å². The zero-order chi connectivity index (χ0) is 20.7. The number of hydrogen-bond donors (Lipinski definition) is 1. The standard InChI is InChI=1S/C19H24N2O6S/c1-4-26-18-10-9-16(12-19(18)27-5-2)14(3)20-28(24,25)13-15-7-6-8-17(11-15)21(22)23/h6-12,14,20H,4-5,13H2,1-3H3/t14-/m1/s1. The first-order valence-corrected chi connectivity index (χ1v) is 10.5. The minimum absolute atomic E-state index is 0.145. The lowest BCUT2D eigenvalue weighted by molar-refractivity contribution is -0.384. The molecule has 2 rings (SSSR count). The van der Waals surface area contributed by atoms with Crippen LogP contribution in [-0.4, -0.2) is 26.6 Å². The van der Waals surface area contributed by atoms with Crippen molar-refractivity contribution in [1.29, 1.82) is 0 Å². The number of nitrogens with one attached hydrogen (secondary N) is 1. The van der Waals surface area contributed by atoms with Gasteiger partial charge in [0.2, 0.25) is 10.0 Å². The largest absolute Gasteiger partial charge is 0.490 e. The Kier molecular flexibility index (Phi) is 7.36. The van der Waals surface area contributed by atoms with Gasteiger partial charge >= 0.3 is 0 Å². The topological polar surface area (TPSA) is 108 Å². The number of nitro groups is 1. The molecule has 1 N–H and O–H groups in total. The Morgan fingerprint density at radius 3 is 2.39 bits per heavy atom. The molecule has 0 spiro atoms. The Morgan fingerprint density at radius 2 is 1.75 bits per heavy atom. The summed E-state index contributed by atoms with van der Waals surface area (Å²) < 4.78 is 38.7. The minimum atomic E-state index is -3.71. The van der Waals surface area contributed by atoms with Gasteiger partial charge in [-0.3, -0.25) is 10.1 Å². The van der Waals surface area contributed by atoms with E-state index in [1.807, 2.05) is 13.8 Å². The summed E-state index contributed by atoms with van der Waals surface area (Å²) in [6.45, 7) is 6.39. The molecule has 0 aliphatic carbocycles. The quantitative estimate of drug-likeness (QED) is 0.476. The van der Waals surface area contributed by atoms with E-state index in [-0.39, 0.29) is 11.4 Å². The molecule has 0 saturated carbocycles. The first-order chi connectivity index (χ1) is 13.3. The van der Waals surface area contributed by atoms with E-state index >= 15 is 0 Å². The van der Waals surface area contributed by atoms with Crippen LogP contribution in [0.3, 0.4) is 0 Å². The third-order valence-electron chi connectivity index (χ3n) is 3.90. The average Bonchev–Trinajstić information content (AvgIpc) is 2.62. The maximum atomic E-state index is 12.5. The van der Waals surface area contributed by atoms with E-state index in [0.29, 0.717) is 30.3 Å². The van der Waals surface area contributed by atoms with Gasteiger partial charge in [-0.25, -0.2) is 13.1 Å². The van der Waals surface area contributed by atoms with Crippen molar-refractivity contribution in [1.82, 2.24) is 4.72 Å². The monoisotopic (exact) mass is 408 g/mol. The van der Waals surface area contributed by atoms with Gasteiger partial charge in [0.15, 0.2) is 11.5 Å². The molecule has 0 aromatic heterocycles. The van der Waals surface area contributed by atoms with E-state index in [2.05, 4.69) is 4.72 Å². The fourth-order valence-corrected chi connectivity index (χ4v) is 4.07. The number of nitro benzene ring substituents is 1. The van der Waals surface area contributed by atoms with Crippen molar-refractivity contribution in [3.05, 3.63) is 63.7 Å². The van der Waals surface area contributed by atoms with Gasteiger partial charge in [0.1, 0.15) is 0 Å². The Hall–Kier alpha value is -2.65. The molecular formula is C19H24N2O6S. The van der Waals surface area contributed by atoms with Crippen LogP contribution in [0.2, 0.25) is 0 Å². The molecule has 1 atom stereocenters. The molecule has 0 fully saturated rings. The molecule has 8 nitrogen and oxygen atoms in total. The molecule has 0 unspecified atom stereocenters. The van der Waals surface area contributed by atoms with Crippen LogP contribution in [0.1, 0.15) is 37.9 Å². The van der Waals surface area contributed by atoms with Crippen molar-refractivity contribution in [3.8, 4) is 11.5 Å². The van der Waals surface area contributed by atoms with Crippen LogP contribution in [0, 0.1) is 10.1 Å². The lowest BCUT2D eigenvalue weighted by atomic mass is 10.1. The number of benzene rings is 2. The van der Waals surface area contributed by atoms with Crippen LogP contribution in [0.15, 0.2) is 42.5 Å². The Bertz CT molecular complexity index is 930. The maximum Gasteiger partial charge on any atom is 0.269 e. The van der Waals surface area contributed by atoms with Crippen LogP contribution in [0.4, 0.5) is 5.69 Å². The van der Waals surface area contributed by atoms with Crippen LogP contribution in [0.25, 0.3) is 0 Å². The van der Waals surface area contributed by atoms with Crippen molar-refractivity contribution in [2.45, 2.75) is 32.6 Å². The van der Waals surface area contributed by atoms with Gasteiger partial charge in [-0.1, -0.05) is 18.2 Å². The number of rotatable bonds is 10. The molecule has 2 aromatic carbocycles. The summed E-state index contributed by atoms with van der Waals surface area (Å²) >= 11 is 0. The SMILES string of the molecule is CCOc1ccc([C@@H](C)NS(=O)(=O)Cc2cccc([N+](=O)[O-])c2)cc1OCC. The van der Waals surface area contributed by atoms with Gasteiger partial charge in [-0.15, -0.1) is 0 Å². The van der Waals surface area contributed by atoms with E-state index in [9.17, 15) is 18.5 Å². The van der Waals surface area contributed by atoms with Crippen LogP contribution in [0.5, 0.6) is 11.5 Å². The van der Waals surface area contributed by atoms with E-state index in [1.165, 1.54) is 18.2 Å². The van der Waals surface area contributed by atoms with Crippen LogP contribution >= 0.6 is 0 Å².